The van der Waals surface area contributed by atoms with E-state index in [9.17, 15) is 20.1 Å². The number of aromatic hydroxyl groups is 1. The summed E-state index contributed by atoms with van der Waals surface area (Å²) in [4.78, 5) is 21.2. The second-order valence-corrected chi connectivity index (χ2v) is 17.1. The molecule has 1 aliphatic heterocycles. The Morgan fingerprint density at radius 1 is 0.933 bits per heavy atom. The van der Waals surface area contributed by atoms with E-state index in [2.05, 4.69) is 54.9 Å². The summed E-state index contributed by atoms with van der Waals surface area (Å²) in [6.45, 7) is 10.8. The van der Waals surface area contributed by atoms with Gasteiger partial charge in [0.05, 0.1) is 22.3 Å². The zero-order valence-electron chi connectivity index (χ0n) is 27.0. The lowest BCUT2D eigenvalue weighted by Gasteiger charge is -2.71. The Kier molecular flexibility index (Phi) is 6.67. The Bertz CT molecular complexity index is 1590. The van der Waals surface area contributed by atoms with Crippen LogP contribution in [0.25, 0.3) is 0 Å². The number of anilines is 1. The molecule has 6 nitrogen and oxygen atoms in total. The molecule has 240 valence electrons. The molecule has 7 aliphatic rings. The number of carbonyl (C=O) groups excluding carboxylic acids is 1. The molecule has 2 heterocycles. The number of aliphatic hydroxyl groups excluding tert-OH is 1. The molecule has 0 radical (unpaired) electrons. The zero-order valence-corrected chi connectivity index (χ0v) is 27.8. The van der Waals surface area contributed by atoms with Crippen LogP contribution in [0.2, 0.25) is 0 Å². The number of carbonyl (C=O) groups is 1. The molecule has 3 N–H and O–H groups in total. The molecule has 9 rings (SSSR count). The summed E-state index contributed by atoms with van der Waals surface area (Å²) in [5, 5.41) is 34.1. The maximum absolute atomic E-state index is 14.6. The standard InChI is InChI=1S/C38H48N2O4S/c1-25-8-9-30(45-25)33(43)27-23-36-16-17-38(27)31(34(36,2)13-10-26(41)22-36)11-14-35(3)32(38)12-15-37(35,44)24-39-18-20-40(21-19-39)28-6-4-5-7-29(28)42/h4-9,16-17,23,26,31-32,41-42,44H,10-15,18-22,24H2,1-3H3. The van der Waals surface area contributed by atoms with Gasteiger partial charge in [0, 0.05) is 59.4 Å². The fourth-order valence-corrected chi connectivity index (χ4v) is 12.4. The number of phenols is 1. The van der Waals surface area contributed by atoms with E-state index < -0.39 is 11.0 Å². The normalized spacial score (nSPS) is 42.2. The van der Waals surface area contributed by atoms with Crippen LogP contribution in [0.1, 0.15) is 73.3 Å². The first kappa shape index (κ1) is 29.9. The van der Waals surface area contributed by atoms with Crippen LogP contribution in [0.4, 0.5) is 5.69 Å². The second-order valence-electron chi connectivity index (χ2n) is 15.8. The topological polar surface area (TPSA) is 84.2 Å². The number of nitrogens with zero attached hydrogens (tertiary/aromatic N) is 2. The molecule has 1 saturated heterocycles. The Morgan fingerprint density at radius 3 is 2.38 bits per heavy atom. The fourth-order valence-electron chi connectivity index (χ4n) is 11.5. The number of aliphatic hydroxyl groups is 2. The summed E-state index contributed by atoms with van der Waals surface area (Å²) in [6, 6.07) is 11.6. The van der Waals surface area contributed by atoms with Gasteiger partial charge in [-0.25, -0.2) is 0 Å². The monoisotopic (exact) mass is 628 g/mol. The van der Waals surface area contributed by atoms with E-state index in [1.54, 1.807) is 17.4 Å². The van der Waals surface area contributed by atoms with Crippen molar-refractivity contribution in [3.63, 3.8) is 0 Å². The Hall–Kier alpha value is -2.45. The predicted molar refractivity (Wildman–Crippen MR) is 179 cm³/mol. The third kappa shape index (κ3) is 3.99. The van der Waals surface area contributed by atoms with Gasteiger partial charge in [-0.3, -0.25) is 9.69 Å². The molecule has 2 spiro atoms. The lowest BCUT2D eigenvalue weighted by molar-refractivity contribution is -0.176. The van der Waals surface area contributed by atoms with E-state index in [1.165, 1.54) is 0 Å². The Morgan fingerprint density at radius 2 is 1.64 bits per heavy atom. The van der Waals surface area contributed by atoms with Crippen LogP contribution < -0.4 is 4.90 Å². The molecular weight excluding hydrogens is 580 g/mol. The number of β-amino-alcohol motifs (C(OH)–C–C–N with tert-alkyl or cyclic N) is 1. The fraction of sp³-hybridized carbons (Fsp3) is 0.605. The molecular formula is C38H48N2O4S. The highest BCUT2D eigenvalue weighted by molar-refractivity contribution is 7.14. The SMILES string of the molecule is Cc1ccc(C(=O)C2=CC34C=CC25C(CCC2(C)C5CCC2(O)CN2CCN(c5ccccc5O)CC2)C3(C)CCC(O)C4)s1. The van der Waals surface area contributed by atoms with Crippen LogP contribution in [0.3, 0.4) is 0 Å². The van der Waals surface area contributed by atoms with Crippen molar-refractivity contribution in [2.75, 3.05) is 37.6 Å². The van der Waals surface area contributed by atoms with Gasteiger partial charge < -0.3 is 20.2 Å². The minimum absolute atomic E-state index is 0.0164. The number of para-hydroxylation sites is 2. The molecule has 2 bridgehead atoms. The van der Waals surface area contributed by atoms with Crippen molar-refractivity contribution < 1.29 is 20.1 Å². The number of phenolic OH excluding ortho intramolecular Hbond substituents is 1. The number of rotatable bonds is 5. The zero-order chi connectivity index (χ0) is 31.4. The van der Waals surface area contributed by atoms with Crippen molar-refractivity contribution in [2.24, 2.45) is 33.5 Å². The van der Waals surface area contributed by atoms with Gasteiger partial charge in [-0.15, -0.1) is 11.3 Å². The lowest BCUT2D eigenvalue weighted by atomic mass is 9.32. The van der Waals surface area contributed by atoms with E-state index in [1.807, 2.05) is 24.3 Å². The average molecular weight is 629 g/mol. The van der Waals surface area contributed by atoms with E-state index in [0.717, 1.165) is 85.7 Å². The molecule has 1 aromatic heterocycles. The number of thiophene rings is 1. The predicted octanol–water partition coefficient (Wildman–Crippen LogP) is 6.36. The maximum atomic E-state index is 14.6. The van der Waals surface area contributed by atoms with Crippen molar-refractivity contribution in [1.29, 1.82) is 0 Å². The summed E-state index contributed by atoms with van der Waals surface area (Å²) < 4.78 is 0. The van der Waals surface area contributed by atoms with Gasteiger partial charge in [-0.05, 0) is 93.4 Å². The van der Waals surface area contributed by atoms with Gasteiger partial charge in [0.1, 0.15) is 5.75 Å². The number of hydrogen-bond donors (Lipinski definition) is 3. The average Bonchev–Trinajstić information content (AvgIpc) is 3.57. The molecule has 2 aromatic rings. The quantitative estimate of drug-likeness (QED) is 0.264. The number of allylic oxidation sites excluding steroid dienone is 4. The van der Waals surface area contributed by atoms with Crippen LogP contribution in [-0.4, -0.2) is 70.4 Å². The smallest absolute Gasteiger partial charge is 0.199 e. The summed E-state index contributed by atoms with van der Waals surface area (Å²) in [7, 11) is 0. The summed E-state index contributed by atoms with van der Waals surface area (Å²) >= 11 is 1.59. The first-order valence-electron chi connectivity index (χ1n) is 17.2. The van der Waals surface area contributed by atoms with E-state index >= 15 is 0 Å². The number of fused-ring (bicyclic) bond motifs is 1. The molecule has 4 fully saturated rings. The van der Waals surface area contributed by atoms with Crippen LogP contribution >= 0.6 is 11.3 Å². The highest BCUT2D eigenvalue weighted by Gasteiger charge is 2.74. The van der Waals surface area contributed by atoms with E-state index in [-0.39, 0.29) is 34.1 Å². The third-order valence-corrected chi connectivity index (χ3v) is 15.0. The Balaban J connectivity index is 1.13. The highest BCUT2D eigenvalue weighted by atomic mass is 32.1. The summed E-state index contributed by atoms with van der Waals surface area (Å²) in [6.07, 6.45) is 12.9. The van der Waals surface area contributed by atoms with Crippen molar-refractivity contribution in [3.8, 4) is 5.75 Å². The van der Waals surface area contributed by atoms with Crippen molar-refractivity contribution in [3.05, 3.63) is 70.0 Å². The Labute approximate surface area is 271 Å². The van der Waals surface area contributed by atoms with Crippen molar-refractivity contribution >= 4 is 22.8 Å². The lowest BCUT2D eigenvalue weighted by Crippen LogP contribution is -2.67. The molecule has 6 aliphatic carbocycles. The molecule has 45 heavy (non-hydrogen) atoms. The molecule has 8 atom stereocenters. The third-order valence-electron chi connectivity index (χ3n) is 14.0. The van der Waals surface area contributed by atoms with Crippen molar-refractivity contribution in [2.45, 2.75) is 77.4 Å². The minimum atomic E-state index is -0.842. The number of Topliss-reactive ketones (excluding diaryl/α,β-unsaturated/α-hetero) is 1. The molecule has 3 saturated carbocycles. The van der Waals surface area contributed by atoms with Crippen LogP contribution in [0, 0.1) is 40.4 Å². The number of aryl methyl sites for hydroxylation is 1. The molecule has 1 aromatic carbocycles. The molecule has 0 amide bonds. The van der Waals surface area contributed by atoms with Crippen LogP contribution in [0.5, 0.6) is 5.75 Å². The first-order valence-corrected chi connectivity index (χ1v) is 18.0. The van der Waals surface area contributed by atoms with E-state index in [0.29, 0.717) is 24.6 Å². The minimum Gasteiger partial charge on any atom is -0.506 e. The van der Waals surface area contributed by atoms with E-state index in [4.69, 9.17) is 0 Å². The van der Waals surface area contributed by atoms with Gasteiger partial charge in [-0.2, -0.15) is 0 Å². The highest BCUT2D eigenvalue weighted by Crippen LogP contribution is 2.78. The number of hydrogen-bond acceptors (Lipinski definition) is 7. The number of piperazine rings is 1. The van der Waals surface area contributed by atoms with Gasteiger partial charge in [0.15, 0.2) is 5.78 Å². The number of ketones is 1. The summed E-state index contributed by atoms with van der Waals surface area (Å²) in [5.74, 6) is 0.964. The van der Waals surface area contributed by atoms with Gasteiger partial charge >= 0.3 is 0 Å². The van der Waals surface area contributed by atoms with Gasteiger partial charge in [0.25, 0.3) is 0 Å². The number of benzene rings is 1. The van der Waals surface area contributed by atoms with Crippen LogP contribution in [-0.2, 0) is 0 Å². The van der Waals surface area contributed by atoms with Crippen LogP contribution in [0.15, 0.2) is 60.2 Å². The maximum Gasteiger partial charge on any atom is 0.199 e. The van der Waals surface area contributed by atoms with Crippen molar-refractivity contribution in [1.82, 2.24) is 4.90 Å². The second kappa shape index (κ2) is 10.0. The largest absolute Gasteiger partial charge is 0.506 e. The molecule has 7 heteroatoms. The molecule has 8 unspecified atom stereocenters. The van der Waals surface area contributed by atoms with Gasteiger partial charge in [-0.1, -0.05) is 44.2 Å². The summed E-state index contributed by atoms with van der Waals surface area (Å²) in [5.41, 5.74) is -0.0657. The first-order chi connectivity index (χ1) is 21.4. The van der Waals surface area contributed by atoms with Gasteiger partial charge in [0.2, 0.25) is 0 Å².